The molecule has 120 valence electrons. The van der Waals surface area contributed by atoms with E-state index < -0.39 is 32.7 Å². The van der Waals surface area contributed by atoms with Gasteiger partial charge in [0.25, 0.3) is 0 Å². The molecule has 0 amide bonds. The van der Waals surface area contributed by atoms with Gasteiger partial charge in [-0.15, -0.1) is 0 Å². The van der Waals surface area contributed by atoms with Gasteiger partial charge in [0, 0.05) is 4.91 Å². The third kappa shape index (κ3) is 4.69. The van der Waals surface area contributed by atoms with E-state index in [1.54, 1.807) is 7.85 Å². The van der Waals surface area contributed by atoms with Crippen molar-refractivity contribution in [1.29, 1.82) is 0 Å². The molecule has 6 nitrogen and oxygen atoms in total. The number of hydrogen-bond donors (Lipinski definition) is 0. The standard InChI is InChI=1S/C12H25BFN3O3Si/c1-12(2,3)21(4,5)19-6-8-10(18-7-16-17-15)9(14)11(13)20-8/h8-11H,6-7,13H2,1-5H3/t8?,9-,10?,11+/m0/s1. The molecule has 0 aromatic carbocycles. The van der Waals surface area contributed by atoms with Crippen LogP contribution in [-0.2, 0) is 13.9 Å². The van der Waals surface area contributed by atoms with E-state index in [1.165, 1.54) is 0 Å². The summed E-state index contributed by atoms with van der Waals surface area (Å²) in [5, 5.41) is 3.36. The molecule has 0 N–H and O–H groups in total. The van der Waals surface area contributed by atoms with Crippen LogP contribution in [0.4, 0.5) is 4.39 Å². The summed E-state index contributed by atoms with van der Waals surface area (Å²) in [5.74, 6) is 0. The van der Waals surface area contributed by atoms with Crippen LogP contribution in [0.5, 0.6) is 0 Å². The number of halogens is 1. The molecular formula is C12H25BFN3O3Si. The highest BCUT2D eigenvalue weighted by molar-refractivity contribution is 6.74. The Morgan fingerprint density at radius 2 is 2.05 bits per heavy atom. The van der Waals surface area contributed by atoms with Crippen LogP contribution in [0, 0.1) is 0 Å². The monoisotopic (exact) mass is 317 g/mol. The second-order valence-electron chi connectivity index (χ2n) is 6.89. The van der Waals surface area contributed by atoms with E-state index in [9.17, 15) is 4.39 Å². The Kier molecular flexibility index (Phi) is 6.25. The maximum Gasteiger partial charge on any atom is 0.192 e. The molecule has 0 radical (unpaired) electrons. The van der Waals surface area contributed by atoms with Crippen LogP contribution in [-0.4, -0.2) is 53.9 Å². The first-order chi connectivity index (χ1) is 9.60. The van der Waals surface area contributed by atoms with Crippen molar-refractivity contribution in [2.75, 3.05) is 13.3 Å². The molecule has 1 aliphatic rings. The SMILES string of the molecule is B[C@@H]1OC(CO[Si](C)(C)C(C)(C)C)C(OCN=[N+]=[N-])[C@@H]1F. The largest absolute Gasteiger partial charge is 0.414 e. The smallest absolute Gasteiger partial charge is 0.192 e. The van der Waals surface area contributed by atoms with Crippen LogP contribution >= 0.6 is 0 Å². The van der Waals surface area contributed by atoms with Crippen LogP contribution in [0.15, 0.2) is 5.11 Å². The fourth-order valence-electron chi connectivity index (χ4n) is 1.89. The minimum Gasteiger partial charge on any atom is -0.414 e. The summed E-state index contributed by atoms with van der Waals surface area (Å²) in [6, 6.07) is -0.547. The van der Waals surface area contributed by atoms with E-state index in [4.69, 9.17) is 19.4 Å². The summed E-state index contributed by atoms with van der Waals surface area (Å²) in [6.07, 6.45) is -2.47. The van der Waals surface area contributed by atoms with E-state index >= 15 is 0 Å². The van der Waals surface area contributed by atoms with Crippen molar-refractivity contribution in [2.24, 2.45) is 5.11 Å². The average molecular weight is 317 g/mol. The second-order valence-corrected chi connectivity index (χ2v) is 11.7. The molecule has 0 spiro atoms. The van der Waals surface area contributed by atoms with Crippen LogP contribution in [0.25, 0.3) is 10.4 Å². The van der Waals surface area contributed by atoms with Crippen LogP contribution in [0.2, 0.25) is 18.1 Å². The topological polar surface area (TPSA) is 76.5 Å². The first-order valence-corrected chi connectivity index (χ1v) is 10.1. The Labute approximate surface area is 127 Å². The van der Waals surface area contributed by atoms with Crippen molar-refractivity contribution in [3.05, 3.63) is 10.4 Å². The lowest BCUT2D eigenvalue weighted by Crippen LogP contribution is -2.44. The van der Waals surface area contributed by atoms with Gasteiger partial charge in [0.1, 0.15) is 33.0 Å². The molecule has 0 aromatic heterocycles. The van der Waals surface area contributed by atoms with E-state index in [1.807, 2.05) is 0 Å². The van der Waals surface area contributed by atoms with Gasteiger partial charge in [-0.1, -0.05) is 25.9 Å². The van der Waals surface area contributed by atoms with Gasteiger partial charge in [-0.25, -0.2) is 4.39 Å². The molecule has 0 saturated carbocycles. The molecule has 1 rings (SSSR count). The molecule has 0 bridgehead atoms. The second kappa shape index (κ2) is 7.11. The van der Waals surface area contributed by atoms with Crippen molar-refractivity contribution in [2.45, 2.75) is 63.3 Å². The summed E-state index contributed by atoms with van der Waals surface area (Å²) in [7, 11) is -0.257. The first kappa shape index (κ1) is 18.5. The van der Waals surface area contributed by atoms with Gasteiger partial charge in [0.15, 0.2) is 8.32 Å². The average Bonchev–Trinajstić information content (AvgIpc) is 2.63. The number of alkyl halides is 1. The number of nitrogens with zero attached hydrogens (tertiary/aromatic N) is 3. The summed E-state index contributed by atoms with van der Waals surface area (Å²) in [6.45, 7) is 10.8. The maximum absolute atomic E-state index is 14.1. The fourth-order valence-corrected chi connectivity index (χ4v) is 2.90. The fraction of sp³-hybridized carbons (Fsp3) is 1.00. The highest BCUT2D eigenvalue weighted by Crippen LogP contribution is 2.37. The van der Waals surface area contributed by atoms with Crippen LogP contribution in [0.1, 0.15) is 20.8 Å². The number of rotatable bonds is 6. The number of azide groups is 1. The summed E-state index contributed by atoms with van der Waals surface area (Å²) in [5.41, 5.74) is 8.26. The van der Waals surface area contributed by atoms with Gasteiger partial charge in [0.2, 0.25) is 0 Å². The molecular weight excluding hydrogens is 292 g/mol. The zero-order chi connectivity index (χ0) is 16.3. The Morgan fingerprint density at radius 3 is 2.57 bits per heavy atom. The molecule has 1 saturated heterocycles. The van der Waals surface area contributed by atoms with E-state index in [0.717, 1.165) is 0 Å². The minimum absolute atomic E-state index is 0.0772. The van der Waals surface area contributed by atoms with Gasteiger partial charge >= 0.3 is 0 Å². The zero-order valence-electron chi connectivity index (χ0n) is 13.7. The predicted octanol–water partition coefficient (Wildman–Crippen LogP) is 2.36. The van der Waals surface area contributed by atoms with Crippen LogP contribution in [0.3, 0.4) is 0 Å². The molecule has 0 aliphatic carbocycles. The summed E-state index contributed by atoms with van der Waals surface area (Å²) >= 11 is 0. The first-order valence-electron chi connectivity index (χ1n) is 7.16. The molecule has 0 aromatic rings. The van der Waals surface area contributed by atoms with Crippen molar-refractivity contribution in [3.8, 4) is 0 Å². The summed E-state index contributed by atoms with van der Waals surface area (Å²) < 4.78 is 31.1. The third-order valence-corrected chi connectivity index (χ3v) is 8.82. The Bertz CT molecular complexity index is 402. The lowest BCUT2D eigenvalue weighted by Gasteiger charge is -2.37. The van der Waals surface area contributed by atoms with E-state index in [0.29, 0.717) is 6.61 Å². The van der Waals surface area contributed by atoms with Gasteiger partial charge in [-0.3, -0.25) is 0 Å². The molecule has 1 aliphatic heterocycles. The zero-order valence-corrected chi connectivity index (χ0v) is 14.7. The van der Waals surface area contributed by atoms with Crippen molar-refractivity contribution >= 4 is 16.2 Å². The highest BCUT2D eigenvalue weighted by atomic mass is 28.4. The Morgan fingerprint density at radius 1 is 1.43 bits per heavy atom. The van der Waals surface area contributed by atoms with Crippen molar-refractivity contribution < 1.29 is 18.3 Å². The molecule has 2 unspecified atom stereocenters. The molecule has 1 fully saturated rings. The number of ether oxygens (including phenoxy) is 2. The lowest BCUT2D eigenvalue weighted by molar-refractivity contribution is -0.0399. The Hall–Kier alpha value is -0.598. The normalized spacial score (nSPS) is 30.2. The minimum atomic E-state index is -1.92. The van der Waals surface area contributed by atoms with Gasteiger partial charge < -0.3 is 13.9 Å². The Balaban J connectivity index is 2.65. The van der Waals surface area contributed by atoms with Crippen molar-refractivity contribution in [3.63, 3.8) is 0 Å². The molecule has 1 heterocycles. The highest BCUT2D eigenvalue weighted by Gasteiger charge is 2.45. The van der Waals surface area contributed by atoms with Crippen LogP contribution < -0.4 is 0 Å². The van der Waals surface area contributed by atoms with Gasteiger partial charge in [-0.2, -0.15) is 0 Å². The predicted molar refractivity (Wildman–Crippen MR) is 84.1 cm³/mol. The summed E-state index contributed by atoms with van der Waals surface area (Å²) in [4.78, 5) is 2.60. The van der Waals surface area contributed by atoms with E-state index in [2.05, 4.69) is 43.9 Å². The lowest BCUT2D eigenvalue weighted by atomic mass is 9.94. The third-order valence-electron chi connectivity index (χ3n) is 4.32. The quantitative estimate of drug-likeness (QED) is 0.326. The molecule has 21 heavy (non-hydrogen) atoms. The molecule has 9 heteroatoms. The molecule has 4 atom stereocenters. The van der Waals surface area contributed by atoms with E-state index in [-0.39, 0.29) is 11.8 Å². The maximum atomic E-state index is 14.1. The van der Waals surface area contributed by atoms with Gasteiger partial charge in [0.05, 0.1) is 12.6 Å². The van der Waals surface area contributed by atoms with Crippen molar-refractivity contribution in [1.82, 2.24) is 0 Å². The number of hydrogen-bond acceptors (Lipinski definition) is 4. The van der Waals surface area contributed by atoms with Gasteiger partial charge in [-0.05, 0) is 23.7 Å².